The number of halogens is 2. The molecule has 2 aromatic carbocycles. The number of phenolic OH excluding ortho intramolecular Hbond substituents is 2. The molecule has 5 heteroatoms. The lowest BCUT2D eigenvalue weighted by Gasteiger charge is -2.19. The van der Waals surface area contributed by atoms with Crippen molar-refractivity contribution in [1.82, 2.24) is 0 Å². The average Bonchev–Trinajstić information content (AvgIpc) is 2.41. The monoisotopic (exact) mass is 337 g/mol. The highest BCUT2D eigenvalue weighted by atomic mass is 35.5. The Morgan fingerprint density at radius 1 is 1.05 bits per heavy atom. The fourth-order valence-corrected chi connectivity index (χ4v) is 2.43. The van der Waals surface area contributed by atoms with Gasteiger partial charge in [0.05, 0.1) is 5.02 Å². The molecule has 0 aromatic heterocycles. The number of aliphatic imine (C=N–C) groups is 1. The first-order valence-corrected chi connectivity index (χ1v) is 7.49. The highest BCUT2D eigenvalue weighted by Gasteiger charge is 2.15. The number of hydrogen-bond acceptors (Lipinski definition) is 3. The lowest BCUT2D eigenvalue weighted by atomic mass is 9.87. The molecule has 0 unspecified atom stereocenters. The lowest BCUT2D eigenvalue weighted by Crippen LogP contribution is -2.10. The molecule has 2 rings (SSSR count). The maximum atomic E-state index is 9.93. The van der Waals surface area contributed by atoms with Crippen LogP contribution in [0.5, 0.6) is 11.5 Å². The van der Waals surface area contributed by atoms with Gasteiger partial charge in [0, 0.05) is 16.8 Å². The van der Waals surface area contributed by atoms with Gasteiger partial charge in [-0.25, -0.2) is 0 Å². The Bertz CT molecular complexity index is 734. The normalized spacial score (nSPS) is 12.0. The summed E-state index contributed by atoms with van der Waals surface area (Å²) in [6, 6.07) is 8.29. The Morgan fingerprint density at radius 3 is 2.36 bits per heavy atom. The average molecular weight is 338 g/mol. The molecule has 0 fully saturated rings. The van der Waals surface area contributed by atoms with Crippen LogP contribution in [0, 0.1) is 0 Å². The summed E-state index contributed by atoms with van der Waals surface area (Å²) in [5, 5.41) is 20.4. The minimum atomic E-state index is -0.0960. The zero-order valence-electron chi connectivity index (χ0n) is 12.6. The zero-order chi connectivity index (χ0) is 16.5. The van der Waals surface area contributed by atoms with Gasteiger partial charge in [-0.05, 0) is 35.2 Å². The van der Waals surface area contributed by atoms with Crippen molar-refractivity contribution < 1.29 is 10.2 Å². The summed E-state index contributed by atoms with van der Waals surface area (Å²) < 4.78 is 0. The summed E-state index contributed by atoms with van der Waals surface area (Å²) in [6.45, 7) is 6.24. The van der Waals surface area contributed by atoms with E-state index in [0.29, 0.717) is 16.3 Å². The van der Waals surface area contributed by atoms with Crippen molar-refractivity contribution >= 4 is 35.1 Å². The molecule has 0 spiro atoms. The van der Waals surface area contributed by atoms with Crippen LogP contribution in [0.1, 0.15) is 31.9 Å². The summed E-state index contributed by atoms with van der Waals surface area (Å²) in [7, 11) is 0. The number of hydrogen-bond donors (Lipinski definition) is 2. The van der Waals surface area contributed by atoms with Gasteiger partial charge in [0.1, 0.15) is 17.2 Å². The molecule has 0 aliphatic heterocycles. The molecule has 0 bridgehead atoms. The Labute approximate surface area is 139 Å². The molecule has 0 aliphatic rings. The number of aromatic hydroxyl groups is 2. The second-order valence-electron chi connectivity index (χ2n) is 6.04. The van der Waals surface area contributed by atoms with E-state index in [9.17, 15) is 10.2 Å². The van der Waals surface area contributed by atoms with Crippen LogP contribution in [-0.2, 0) is 5.41 Å². The Kier molecular flexibility index (Phi) is 4.69. The predicted octanol–water partition coefficient (Wildman–Crippen LogP) is 5.45. The van der Waals surface area contributed by atoms with Crippen LogP contribution in [0.4, 0.5) is 5.69 Å². The summed E-state index contributed by atoms with van der Waals surface area (Å²) in [4.78, 5) is 4.24. The Morgan fingerprint density at radius 2 is 1.73 bits per heavy atom. The molecule has 0 heterocycles. The van der Waals surface area contributed by atoms with Crippen LogP contribution >= 0.6 is 23.2 Å². The van der Waals surface area contributed by atoms with Crippen molar-refractivity contribution in [3.63, 3.8) is 0 Å². The molecule has 2 N–H and O–H groups in total. The van der Waals surface area contributed by atoms with Gasteiger partial charge < -0.3 is 10.2 Å². The van der Waals surface area contributed by atoms with Gasteiger partial charge in [-0.2, -0.15) is 0 Å². The third kappa shape index (κ3) is 3.73. The molecule has 0 atom stereocenters. The van der Waals surface area contributed by atoms with E-state index in [1.54, 1.807) is 12.1 Å². The molecular formula is C17H17Cl2NO2. The number of phenols is 2. The largest absolute Gasteiger partial charge is 0.506 e. The predicted molar refractivity (Wildman–Crippen MR) is 92.2 cm³/mol. The van der Waals surface area contributed by atoms with Gasteiger partial charge in [-0.1, -0.05) is 50.0 Å². The van der Waals surface area contributed by atoms with Crippen molar-refractivity contribution in [3.05, 3.63) is 51.5 Å². The molecule has 0 aliphatic carbocycles. The van der Waals surface area contributed by atoms with Crippen LogP contribution in [0.3, 0.4) is 0 Å². The molecule has 22 heavy (non-hydrogen) atoms. The van der Waals surface area contributed by atoms with E-state index in [-0.39, 0.29) is 21.9 Å². The SMILES string of the molecule is CC(C)(C)c1ccc(O)c(/N=C/c2cc(Cl)cc(Cl)c2O)c1. The van der Waals surface area contributed by atoms with Crippen LogP contribution in [0.25, 0.3) is 0 Å². The molecule has 0 radical (unpaired) electrons. The molecular weight excluding hydrogens is 321 g/mol. The first-order chi connectivity index (χ1) is 10.2. The van der Waals surface area contributed by atoms with Crippen molar-refractivity contribution in [3.8, 4) is 11.5 Å². The molecule has 0 saturated carbocycles. The summed E-state index contributed by atoms with van der Waals surface area (Å²) >= 11 is 11.8. The van der Waals surface area contributed by atoms with E-state index in [0.717, 1.165) is 5.56 Å². The molecule has 3 nitrogen and oxygen atoms in total. The molecule has 116 valence electrons. The minimum absolute atomic E-state index is 0.0561. The Balaban J connectivity index is 2.43. The first kappa shape index (κ1) is 16.7. The fourth-order valence-electron chi connectivity index (χ4n) is 1.92. The molecule has 2 aromatic rings. The maximum absolute atomic E-state index is 9.93. The van der Waals surface area contributed by atoms with E-state index in [4.69, 9.17) is 23.2 Å². The van der Waals surface area contributed by atoms with Crippen molar-refractivity contribution in [2.24, 2.45) is 4.99 Å². The van der Waals surface area contributed by atoms with E-state index >= 15 is 0 Å². The fraction of sp³-hybridized carbons (Fsp3) is 0.235. The van der Waals surface area contributed by atoms with Crippen molar-refractivity contribution in [1.29, 1.82) is 0 Å². The summed E-state index contributed by atoms with van der Waals surface area (Å²) in [5.41, 5.74) is 1.80. The zero-order valence-corrected chi connectivity index (χ0v) is 14.1. The van der Waals surface area contributed by atoms with E-state index in [1.165, 1.54) is 12.3 Å². The van der Waals surface area contributed by atoms with Crippen LogP contribution in [0.15, 0.2) is 35.3 Å². The highest BCUT2D eigenvalue weighted by Crippen LogP contribution is 2.34. The Hall–Kier alpha value is -1.71. The van der Waals surface area contributed by atoms with Crippen molar-refractivity contribution in [2.75, 3.05) is 0 Å². The second-order valence-corrected chi connectivity index (χ2v) is 6.88. The lowest BCUT2D eigenvalue weighted by molar-refractivity contribution is 0.474. The topological polar surface area (TPSA) is 52.8 Å². The van der Waals surface area contributed by atoms with Crippen LogP contribution in [0.2, 0.25) is 10.0 Å². The van der Waals surface area contributed by atoms with Gasteiger partial charge in [-0.3, -0.25) is 4.99 Å². The second kappa shape index (κ2) is 6.19. The van der Waals surface area contributed by atoms with E-state index < -0.39 is 0 Å². The van der Waals surface area contributed by atoms with Gasteiger partial charge >= 0.3 is 0 Å². The van der Waals surface area contributed by atoms with E-state index in [1.807, 2.05) is 12.1 Å². The van der Waals surface area contributed by atoms with Gasteiger partial charge in [0.2, 0.25) is 0 Å². The van der Waals surface area contributed by atoms with Gasteiger partial charge in [-0.15, -0.1) is 0 Å². The summed E-state index contributed by atoms with van der Waals surface area (Å²) in [6.07, 6.45) is 1.43. The number of nitrogens with zero attached hydrogens (tertiary/aromatic N) is 1. The third-order valence-electron chi connectivity index (χ3n) is 3.24. The minimum Gasteiger partial charge on any atom is -0.506 e. The quantitative estimate of drug-likeness (QED) is 0.715. The molecule has 0 saturated heterocycles. The first-order valence-electron chi connectivity index (χ1n) is 6.74. The van der Waals surface area contributed by atoms with Crippen molar-refractivity contribution in [2.45, 2.75) is 26.2 Å². The third-order valence-corrected chi connectivity index (χ3v) is 3.75. The van der Waals surface area contributed by atoms with Gasteiger partial charge in [0.25, 0.3) is 0 Å². The number of benzene rings is 2. The van der Waals surface area contributed by atoms with Crippen LogP contribution < -0.4 is 0 Å². The van der Waals surface area contributed by atoms with E-state index in [2.05, 4.69) is 25.8 Å². The molecule has 0 amide bonds. The number of rotatable bonds is 2. The summed E-state index contributed by atoms with van der Waals surface area (Å²) in [5.74, 6) is -0.0295. The standard InChI is InChI=1S/C17H17Cl2NO2/c1-17(2,3)11-4-5-15(21)14(7-11)20-9-10-6-12(18)8-13(19)16(10)22/h4-9,21-22H,1-3H3/b20-9+. The smallest absolute Gasteiger partial charge is 0.143 e. The van der Waals surface area contributed by atoms with Crippen LogP contribution in [-0.4, -0.2) is 16.4 Å². The maximum Gasteiger partial charge on any atom is 0.143 e. The van der Waals surface area contributed by atoms with Gasteiger partial charge in [0.15, 0.2) is 0 Å². The highest BCUT2D eigenvalue weighted by molar-refractivity contribution is 6.36.